The number of piperidine rings is 1. The van der Waals surface area contributed by atoms with E-state index in [1.165, 1.54) is 0 Å². The van der Waals surface area contributed by atoms with Gasteiger partial charge in [-0.25, -0.2) is 9.38 Å². The van der Waals surface area contributed by atoms with Crippen LogP contribution in [0, 0.1) is 5.82 Å². The van der Waals surface area contributed by atoms with E-state index in [1.54, 1.807) is 6.07 Å². The number of ether oxygens (including phenoxy) is 1. The van der Waals surface area contributed by atoms with Crippen molar-refractivity contribution in [2.75, 3.05) is 50.8 Å². The maximum atomic E-state index is 14.6. The lowest BCUT2D eigenvalue weighted by Crippen LogP contribution is -2.49. The van der Waals surface area contributed by atoms with Crippen LogP contribution < -0.4 is 15.5 Å². The Labute approximate surface area is 211 Å². The van der Waals surface area contributed by atoms with E-state index in [2.05, 4.69) is 36.3 Å². The second-order valence-corrected chi connectivity index (χ2v) is 8.33. The number of guanidine groups is 1. The zero-order valence-electron chi connectivity index (χ0n) is 20.5. The Morgan fingerprint density at radius 1 is 1.22 bits per heavy atom. The van der Waals surface area contributed by atoms with Gasteiger partial charge in [-0.1, -0.05) is 6.07 Å². The van der Waals surface area contributed by atoms with Crippen molar-refractivity contribution in [2.24, 2.45) is 4.99 Å². The van der Waals surface area contributed by atoms with Gasteiger partial charge in [0.15, 0.2) is 5.96 Å². The van der Waals surface area contributed by atoms with Gasteiger partial charge in [0.2, 0.25) is 0 Å². The minimum Gasteiger partial charge on any atom is -0.377 e. The number of rotatable bonds is 11. The van der Waals surface area contributed by atoms with Crippen molar-refractivity contribution >= 4 is 35.6 Å². The van der Waals surface area contributed by atoms with Crippen molar-refractivity contribution < 1.29 is 9.13 Å². The third-order valence-corrected chi connectivity index (χ3v) is 5.67. The maximum absolute atomic E-state index is 14.6. The number of likely N-dealkylation sites (tertiary alicyclic amines) is 1. The van der Waals surface area contributed by atoms with Crippen LogP contribution in [0.1, 0.15) is 53.0 Å². The molecule has 1 fully saturated rings. The molecule has 0 unspecified atom stereocenters. The number of halogens is 2. The summed E-state index contributed by atoms with van der Waals surface area (Å²) in [5.41, 5.74) is 1.54. The lowest BCUT2D eigenvalue weighted by atomic mass is 10.1. The Morgan fingerprint density at radius 3 is 2.47 bits per heavy atom. The van der Waals surface area contributed by atoms with E-state index < -0.39 is 0 Å². The van der Waals surface area contributed by atoms with Crippen LogP contribution in [0.3, 0.4) is 0 Å². The van der Waals surface area contributed by atoms with Crippen LogP contribution in [0.5, 0.6) is 0 Å². The van der Waals surface area contributed by atoms with Crippen molar-refractivity contribution in [1.82, 2.24) is 15.5 Å². The van der Waals surface area contributed by atoms with Crippen molar-refractivity contribution in [3.63, 3.8) is 0 Å². The number of aliphatic imine (C=N–C) groups is 1. The van der Waals surface area contributed by atoms with Gasteiger partial charge in [-0.2, -0.15) is 0 Å². The third kappa shape index (κ3) is 9.79. The number of nitrogens with one attached hydrogen (secondary N) is 2. The van der Waals surface area contributed by atoms with Crippen LogP contribution in [0.2, 0.25) is 0 Å². The lowest BCUT2D eigenvalue weighted by Gasteiger charge is -2.33. The van der Waals surface area contributed by atoms with Gasteiger partial charge >= 0.3 is 0 Å². The summed E-state index contributed by atoms with van der Waals surface area (Å²) in [7, 11) is 0. The quantitative estimate of drug-likeness (QED) is 0.240. The summed E-state index contributed by atoms with van der Waals surface area (Å²) in [6.45, 7) is 17.1. The SMILES string of the molecule is CCNC(=NCc1ccc(N(CC)CC)c(F)c1)NC1CCN(CCOC(C)C)CC1.I. The molecule has 1 aliphatic heterocycles. The van der Waals surface area contributed by atoms with Crippen molar-refractivity contribution in [3.05, 3.63) is 29.6 Å². The van der Waals surface area contributed by atoms with Crippen LogP contribution in [-0.2, 0) is 11.3 Å². The van der Waals surface area contributed by atoms with Crippen molar-refractivity contribution in [2.45, 2.75) is 66.2 Å². The first-order chi connectivity index (χ1) is 15.0. The fraction of sp³-hybridized carbons (Fsp3) is 0.708. The molecule has 0 amide bonds. The number of hydrogen-bond acceptors (Lipinski definition) is 4. The van der Waals surface area contributed by atoms with Crippen LogP contribution in [0.4, 0.5) is 10.1 Å². The van der Waals surface area contributed by atoms with E-state index in [4.69, 9.17) is 9.73 Å². The Kier molecular flexibility index (Phi) is 14.1. The highest BCUT2D eigenvalue weighted by Crippen LogP contribution is 2.20. The summed E-state index contributed by atoms with van der Waals surface area (Å²) in [6.07, 6.45) is 2.46. The first kappa shape index (κ1) is 28.9. The van der Waals surface area contributed by atoms with E-state index in [9.17, 15) is 4.39 Å². The molecule has 0 aromatic heterocycles. The molecule has 0 saturated carbocycles. The normalized spacial score (nSPS) is 15.5. The zero-order valence-corrected chi connectivity index (χ0v) is 22.8. The average molecular weight is 564 g/mol. The van der Waals surface area contributed by atoms with E-state index in [1.807, 2.05) is 30.9 Å². The van der Waals surface area contributed by atoms with Gasteiger partial charge in [0, 0.05) is 45.3 Å². The van der Waals surface area contributed by atoms with E-state index in [-0.39, 0.29) is 29.8 Å². The van der Waals surface area contributed by atoms with E-state index in [0.717, 1.165) is 70.2 Å². The molecule has 0 bridgehead atoms. The second-order valence-electron chi connectivity index (χ2n) is 8.33. The van der Waals surface area contributed by atoms with Gasteiger partial charge < -0.3 is 25.2 Å². The monoisotopic (exact) mass is 563 g/mol. The lowest BCUT2D eigenvalue weighted by molar-refractivity contribution is 0.0532. The number of benzene rings is 1. The zero-order chi connectivity index (χ0) is 22.6. The Hall–Kier alpha value is -1.13. The average Bonchev–Trinajstić information content (AvgIpc) is 2.75. The third-order valence-electron chi connectivity index (χ3n) is 5.67. The molecule has 1 saturated heterocycles. The summed E-state index contributed by atoms with van der Waals surface area (Å²) < 4.78 is 20.2. The Bertz CT molecular complexity index is 676. The molecule has 1 aromatic carbocycles. The molecule has 1 aromatic rings. The van der Waals surface area contributed by atoms with E-state index >= 15 is 0 Å². The molecule has 2 rings (SSSR count). The highest BCUT2D eigenvalue weighted by Gasteiger charge is 2.20. The first-order valence-corrected chi connectivity index (χ1v) is 11.9. The van der Waals surface area contributed by atoms with Crippen LogP contribution in [0.15, 0.2) is 23.2 Å². The van der Waals surface area contributed by atoms with Crippen molar-refractivity contribution in [3.8, 4) is 0 Å². The maximum Gasteiger partial charge on any atom is 0.191 e. The summed E-state index contributed by atoms with van der Waals surface area (Å²) in [5, 5.41) is 6.89. The van der Waals surface area contributed by atoms with Gasteiger partial charge in [-0.15, -0.1) is 24.0 Å². The standard InChI is InChI=1S/C24H42FN5O.HI/c1-6-26-24(28-21-11-13-29(14-12-21)15-16-31-19(4)5)27-18-20-9-10-23(22(25)17-20)30(7-2)8-3;/h9-10,17,19,21H,6-8,11-16,18H2,1-5H3,(H2,26,27,28);1H. The smallest absolute Gasteiger partial charge is 0.191 e. The molecule has 0 aliphatic carbocycles. The highest BCUT2D eigenvalue weighted by atomic mass is 127. The molecule has 0 spiro atoms. The van der Waals surface area contributed by atoms with Crippen molar-refractivity contribution in [1.29, 1.82) is 0 Å². The minimum atomic E-state index is -0.178. The molecule has 32 heavy (non-hydrogen) atoms. The number of hydrogen-bond donors (Lipinski definition) is 2. The Morgan fingerprint density at radius 2 is 1.91 bits per heavy atom. The van der Waals surface area contributed by atoms with Gasteiger partial charge in [0.1, 0.15) is 5.82 Å². The predicted octanol–water partition coefficient (Wildman–Crippen LogP) is 4.23. The summed E-state index contributed by atoms with van der Waals surface area (Å²) in [5.74, 6) is 0.625. The van der Waals surface area contributed by atoms with E-state index in [0.29, 0.717) is 24.4 Å². The van der Waals surface area contributed by atoms with Gasteiger partial charge in [0.25, 0.3) is 0 Å². The largest absolute Gasteiger partial charge is 0.377 e. The minimum absolute atomic E-state index is 0. The highest BCUT2D eigenvalue weighted by molar-refractivity contribution is 14.0. The van der Waals surface area contributed by atoms with Gasteiger partial charge in [-0.3, -0.25) is 0 Å². The van der Waals surface area contributed by atoms with Gasteiger partial charge in [-0.05, 0) is 65.2 Å². The molecule has 2 N–H and O–H groups in total. The molecule has 6 nitrogen and oxygen atoms in total. The molecule has 1 heterocycles. The molecule has 0 radical (unpaired) electrons. The summed E-state index contributed by atoms with van der Waals surface area (Å²) in [6, 6.07) is 5.86. The summed E-state index contributed by atoms with van der Waals surface area (Å²) in [4.78, 5) is 9.19. The van der Waals surface area contributed by atoms with Gasteiger partial charge in [0.05, 0.1) is 24.9 Å². The molecule has 184 valence electrons. The fourth-order valence-electron chi connectivity index (χ4n) is 3.87. The Balaban J connectivity index is 0.00000512. The number of anilines is 1. The van der Waals surface area contributed by atoms with Crippen LogP contribution in [-0.4, -0.2) is 68.9 Å². The fourth-order valence-corrected chi connectivity index (χ4v) is 3.87. The molecule has 8 heteroatoms. The first-order valence-electron chi connectivity index (χ1n) is 11.9. The molecular formula is C24H43FIN5O. The topological polar surface area (TPSA) is 52.1 Å². The molecule has 1 aliphatic rings. The number of nitrogens with zero attached hydrogens (tertiary/aromatic N) is 3. The predicted molar refractivity (Wildman–Crippen MR) is 144 cm³/mol. The molecule has 0 atom stereocenters. The van der Waals surface area contributed by atoms with Crippen LogP contribution >= 0.6 is 24.0 Å². The van der Waals surface area contributed by atoms with Crippen LogP contribution in [0.25, 0.3) is 0 Å². The summed E-state index contributed by atoms with van der Waals surface area (Å²) >= 11 is 0. The second kappa shape index (κ2) is 15.7. The molecular weight excluding hydrogens is 520 g/mol.